The predicted octanol–water partition coefficient (Wildman–Crippen LogP) is -0.412. The lowest BCUT2D eigenvalue weighted by atomic mass is 9.99. The molecule has 0 saturated carbocycles. The van der Waals surface area contributed by atoms with Crippen LogP contribution < -0.4 is 20.1 Å². The van der Waals surface area contributed by atoms with Crippen molar-refractivity contribution in [3.63, 3.8) is 0 Å². The van der Waals surface area contributed by atoms with Crippen LogP contribution in [0.25, 0.3) is 22.3 Å². The van der Waals surface area contributed by atoms with Crippen molar-refractivity contribution in [2.24, 2.45) is 0 Å². The van der Waals surface area contributed by atoms with Gasteiger partial charge in [0.1, 0.15) is 60.3 Å². The molecule has 0 radical (unpaired) electrons. The average molecular weight is 909 g/mol. The lowest BCUT2D eigenvalue weighted by Crippen LogP contribution is -2.60. The van der Waals surface area contributed by atoms with E-state index < -0.39 is 74.6 Å². The van der Waals surface area contributed by atoms with Crippen molar-refractivity contribution < 1.29 is 83.6 Å². The summed E-state index contributed by atoms with van der Waals surface area (Å²) in [4.78, 5) is 25.6. The normalized spacial score (nSPS) is 25.4. The molecule has 0 aliphatic carbocycles. The third kappa shape index (κ3) is 13.5. The highest BCUT2D eigenvalue weighted by atomic mass is 16.7. The fourth-order valence-corrected chi connectivity index (χ4v) is 6.95. The number of hydrogen-bond donors (Lipinski definition) is 10. The second-order valence-electron chi connectivity index (χ2n) is 15.2. The Hall–Kier alpha value is -5.10. The van der Waals surface area contributed by atoms with Gasteiger partial charge in [-0.15, -0.1) is 0 Å². The van der Waals surface area contributed by atoms with Crippen molar-refractivity contribution in [1.29, 1.82) is 0 Å². The highest BCUT2D eigenvalue weighted by Gasteiger charge is 2.45. The van der Waals surface area contributed by atoms with Crippen LogP contribution in [-0.4, -0.2) is 180 Å². The first-order valence-electron chi connectivity index (χ1n) is 21.1. The van der Waals surface area contributed by atoms with Crippen molar-refractivity contribution in [2.45, 2.75) is 61.4 Å². The van der Waals surface area contributed by atoms with E-state index in [0.29, 0.717) is 49.1 Å². The topological polar surface area (TPSA) is 285 Å². The Morgan fingerprint density at radius 2 is 0.831 bits per heavy atom. The van der Waals surface area contributed by atoms with Crippen molar-refractivity contribution in [3.8, 4) is 33.8 Å². The van der Waals surface area contributed by atoms with Gasteiger partial charge in [0.05, 0.1) is 52.9 Å². The van der Waals surface area contributed by atoms with Gasteiger partial charge in [-0.05, 0) is 70.8 Å². The SMILES string of the molecule is O=C(NCCOCCOCCOCCNC(=O)c1cccc(-c2ccc(OC3OC(CO)C(O)C(O)C3O)cc2)c1)c1cccc(-c2ccc(OC3OC(CO)C(O)C(O)C3O)cc2)c1. The zero-order valence-electron chi connectivity index (χ0n) is 35.3. The summed E-state index contributed by atoms with van der Waals surface area (Å²) in [5.74, 6) is 0.0971. The van der Waals surface area contributed by atoms with Crippen LogP contribution in [0.5, 0.6) is 11.5 Å². The molecule has 4 aromatic rings. The summed E-state index contributed by atoms with van der Waals surface area (Å²) in [6, 6.07) is 27.7. The standard InChI is InChI=1S/C46H56N2O17/c49-25-35-37(51)39(53)41(55)45(64-35)62-33-11-7-27(8-12-33)29-3-1-5-31(23-29)43(57)47-15-17-59-19-21-61-22-20-60-18-16-48-44(58)32-6-2-4-30(24-32)28-9-13-34(14-10-28)63-46-42(56)40(54)38(52)36(26-50)65-46/h1-14,23-24,35-42,45-46,49-56H,15-22,25-26H2,(H,47,57)(H,48,58). The monoisotopic (exact) mass is 908 g/mol. The van der Waals surface area contributed by atoms with Gasteiger partial charge < -0.3 is 84.6 Å². The molecule has 65 heavy (non-hydrogen) atoms. The minimum atomic E-state index is -1.55. The number of hydrogen-bond acceptors (Lipinski definition) is 17. The van der Waals surface area contributed by atoms with Gasteiger partial charge in [-0.2, -0.15) is 0 Å². The minimum absolute atomic E-state index is 0.273. The van der Waals surface area contributed by atoms with Crippen molar-refractivity contribution in [1.82, 2.24) is 10.6 Å². The number of amides is 2. The average Bonchev–Trinajstić information content (AvgIpc) is 3.33. The van der Waals surface area contributed by atoms with Crippen LogP contribution in [0.1, 0.15) is 20.7 Å². The summed E-state index contributed by atoms with van der Waals surface area (Å²) in [7, 11) is 0. The van der Waals surface area contributed by atoms with Crippen LogP contribution in [0.15, 0.2) is 97.1 Å². The molecule has 0 spiro atoms. The van der Waals surface area contributed by atoms with Gasteiger partial charge in [-0.1, -0.05) is 48.5 Å². The number of nitrogens with one attached hydrogen (secondary N) is 2. The molecular weight excluding hydrogens is 853 g/mol. The maximum absolute atomic E-state index is 12.8. The largest absolute Gasteiger partial charge is 0.462 e. The third-order valence-electron chi connectivity index (χ3n) is 10.6. The van der Waals surface area contributed by atoms with Gasteiger partial charge in [0.2, 0.25) is 12.6 Å². The first-order chi connectivity index (χ1) is 31.5. The van der Waals surface area contributed by atoms with Crippen LogP contribution in [0.2, 0.25) is 0 Å². The number of aliphatic hydroxyl groups is 8. The molecule has 19 nitrogen and oxygen atoms in total. The van der Waals surface area contributed by atoms with E-state index in [2.05, 4.69) is 10.6 Å². The summed E-state index contributed by atoms with van der Waals surface area (Å²) < 4.78 is 38.8. The van der Waals surface area contributed by atoms with Gasteiger partial charge in [0, 0.05) is 24.2 Å². The Bertz CT molecular complexity index is 1940. The number of carbonyl (C=O) groups is 2. The fourth-order valence-electron chi connectivity index (χ4n) is 6.95. The summed E-state index contributed by atoms with van der Waals surface area (Å²) in [5, 5.41) is 84.9. The lowest BCUT2D eigenvalue weighted by Gasteiger charge is -2.39. The van der Waals surface area contributed by atoms with Crippen LogP contribution in [0, 0.1) is 0 Å². The lowest BCUT2D eigenvalue weighted by molar-refractivity contribution is -0.277. The summed E-state index contributed by atoms with van der Waals surface area (Å²) in [6.07, 6.45) is -13.9. The van der Waals surface area contributed by atoms with Gasteiger partial charge >= 0.3 is 0 Å². The van der Waals surface area contributed by atoms with Crippen LogP contribution in [0.4, 0.5) is 0 Å². The number of carbonyl (C=O) groups excluding carboxylic acids is 2. The van der Waals surface area contributed by atoms with Crippen LogP contribution in [0.3, 0.4) is 0 Å². The molecule has 10 atom stereocenters. The number of rotatable bonds is 22. The van der Waals surface area contributed by atoms with Gasteiger partial charge in [0.25, 0.3) is 11.8 Å². The van der Waals surface area contributed by atoms with Crippen molar-refractivity contribution >= 4 is 11.8 Å². The zero-order chi connectivity index (χ0) is 46.3. The van der Waals surface area contributed by atoms with Gasteiger partial charge in [-0.3, -0.25) is 9.59 Å². The molecule has 19 heteroatoms. The summed E-state index contributed by atoms with van der Waals surface area (Å²) in [6.45, 7) is 1.28. The molecule has 2 fully saturated rings. The molecule has 2 saturated heterocycles. The summed E-state index contributed by atoms with van der Waals surface area (Å²) in [5.41, 5.74) is 4.03. The number of aliphatic hydroxyl groups excluding tert-OH is 8. The van der Waals surface area contributed by atoms with E-state index in [1.54, 1.807) is 84.9 Å². The molecule has 10 unspecified atom stereocenters. The van der Waals surface area contributed by atoms with Crippen LogP contribution in [-0.2, 0) is 23.7 Å². The second kappa shape index (κ2) is 24.4. The van der Waals surface area contributed by atoms with Gasteiger partial charge in [0.15, 0.2) is 0 Å². The fraction of sp³-hybridized carbons (Fsp3) is 0.435. The number of benzene rings is 4. The molecule has 2 amide bonds. The van der Waals surface area contributed by atoms with E-state index in [9.17, 15) is 50.4 Å². The molecule has 0 aromatic heterocycles. The minimum Gasteiger partial charge on any atom is -0.462 e. The maximum atomic E-state index is 12.8. The van der Waals surface area contributed by atoms with Gasteiger partial charge in [-0.25, -0.2) is 0 Å². The zero-order valence-corrected chi connectivity index (χ0v) is 35.3. The van der Waals surface area contributed by atoms with E-state index in [-0.39, 0.29) is 38.1 Å². The van der Waals surface area contributed by atoms with Crippen molar-refractivity contribution in [3.05, 3.63) is 108 Å². The highest BCUT2D eigenvalue weighted by molar-refractivity contribution is 5.96. The molecule has 352 valence electrons. The van der Waals surface area contributed by atoms with E-state index in [4.69, 9.17) is 33.2 Å². The molecule has 2 aliphatic rings. The number of ether oxygens (including phenoxy) is 7. The molecule has 6 rings (SSSR count). The van der Waals surface area contributed by atoms with Crippen LogP contribution >= 0.6 is 0 Å². The van der Waals surface area contributed by atoms with E-state index in [0.717, 1.165) is 22.3 Å². The first-order valence-corrected chi connectivity index (χ1v) is 21.1. The van der Waals surface area contributed by atoms with E-state index >= 15 is 0 Å². The predicted molar refractivity (Wildman–Crippen MR) is 230 cm³/mol. The Labute approximate surface area is 374 Å². The molecule has 4 aromatic carbocycles. The maximum Gasteiger partial charge on any atom is 0.251 e. The molecule has 2 aliphatic heterocycles. The first kappa shape index (κ1) is 49.3. The molecule has 10 N–H and O–H groups in total. The Balaban J connectivity index is 0.801. The Morgan fingerprint density at radius 1 is 0.462 bits per heavy atom. The summed E-state index contributed by atoms with van der Waals surface area (Å²) >= 11 is 0. The Morgan fingerprint density at radius 3 is 1.20 bits per heavy atom. The quantitative estimate of drug-likeness (QED) is 0.0449. The van der Waals surface area contributed by atoms with Crippen molar-refractivity contribution in [2.75, 3.05) is 65.9 Å². The smallest absolute Gasteiger partial charge is 0.251 e. The molecule has 0 bridgehead atoms. The second-order valence-corrected chi connectivity index (χ2v) is 15.2. The Kier molecular flexibility index (Phi) is 18.5. The molecular formula is C46H56N2O17. The highest BCUT2D eigenvalue weighted by Crippen LogP contribution is 2.29. The third-order valence-corrected chi connectivity index (χ3v) is 10.6. The van der Waals surface area contributed by atoms with E-state index in [1.807, 2.05) is 12.1 Å². The van der Waals surface area contributed by atoms with E-state index in [1.165, 1.54) is 0 Å². The molecule has 2 heterocycles.